The zero-order valence-corrected chi connectivity index (χ0v) is 17.7. The number of nitrogens with zero attached hydrogens (tertiary/aromatic N) is 3. The molecule has 1 aromatic heterocycles. The number of benzene rings is 2. The molecule has 3 heterocycles. The number of imide groups is 2. The van der Waals surface area contributed by atoms with Gasteiger partial charge < -0.3 is 14.2 Å². The summed E-state index contributed by atoms with van der Waals surface area (Å²) < 4.78 is 16.1. The fraction of sp³-hybridized carbons (Fsp3) is 0.0435. The van der Waals surface area contributed by atoms with Crippen molar-refractivity contribution < 1.29 is 33.5 Å². The maximum atomic E-state index is 13.1. The zero-order valence-electron chi connectivity index (χ0n) is 17.7. The smallest absolute Gasteiger partial charge is 0.335 e. The van der Waals surface area contributed by atoms with Crippen molar-refractivity contribution in [2.24, 2.45) is 0 Å². The van der Waals surface area contributed by atoms with E-state index in [0.717, 1.165) is 11.1 Å². The van der Waals surface area contributed by atoms with Gasteiger partial charge in [-0.1, -0.05) is 12.1 Å². The van der Waals surface area contributed by atoms with Crippen LogP contribution in [-0.2, 0) is 9.59 Å². The van der Waals surface area contributed by atoms with Crippen LogP contribution in [-0.4, -0.2) is 34.5 Å². The molecule has 12 heteroatoms. The molecule has 2 aromatic carbocycles. The molecule has 2 aliphatic heterocycles. The molecular formula is C23H14N4O8. The quantitative estimate of drug-likeness (QED) is 0.254. The minimum atomic E-state index is -0.879. The van der Waals surface area contributed by atoms with E-state index in [1.54, 1.807) is 30.3 Å². The SMILES string of the molecule is O=C1NC(=O)N(c2ccc3c(c2)OCO3)C(=O)/C1=C\c1ccc(Oc2ccc([N+](=O)[O-])cn2)cc1. The highest BCUT2D eigenvalue weighted by atomic mass is 16.7. The van der Waals surface area contributed by atoms with Crippen LogP contribution >= 0.6 is 0 Å². The van der Waals surface area contributed by atoms with E-state index in [-0.39, 0.29) is 29.6 Å². The number of fused-ring (bicyclic) bond motifs is 1. The van der Waals surface area contributed by atoms with Crippen molar-refractivity contribution in [1.82, 2.24) is 10.3 Å². The van der Waals surface area contributed by atoms with Crippen LogP contribution < -0.4 is 24.4 Å². The third kappa shape index (κ3) is 4.23. The number of amides is 4. The van der Waals surface area contributed by atoms with E-state index >= 15 is 0 Å². The van der Waals surface area contributed by atoms with Crippen LogP contribution in [0.25, 0.3) is 6.08 Å². The van der Waals surface area contributed by atoms with Gasteiger partial charge in [-0.05, 0) is 35.9 Å². The lowest BCUT2D eigenvalue weighted by Gasteiger charge is -2.26. The van der Waals surface area contributed by atoms with Crippen LogP contribution in [0.4, 0.5) is 16.2 Å². The fourth-order valence-electron chi connectivity index (χ4n) is 3.38. The van der Waals surface area contributed by atoms with Gasteiger partial charge in [-0.2, -0.15) is 0 Å². The Labute approximate surface area is 196 Å². The summed E-state index contributed by atoms with van der Waals surface area (Å²) in [6.45, 7) is 0.0303. The van der Waals surface area contributed by atoms with Crippen molar-refractivity contribution >= 4 is 35.3 Å². The van der Waals surface area contributed by atoms with E-state index in [0.29, 0.717) is 22.8 Å². The molecule has 5 rings (SSSR count). The Morgan fingerprint density at radius 3 is 2.51 bits per heavy atom. The lowest BCUT2D eigenvalue weighted by molar-refractivity contribution is -0.385. The molecule has 3 aromatic rings. The van der Waals surface area contributed by atoms with E-state index in [1.807, 2.05) is 0 Å². The van der Waals surface area contributed by atoms with Crippen LogP contribution in [0.1, 0.15) is 5.56 Å². The average molecular weight is 474 g/mol. The number of aromatic nitrogens is 1. The number of anilines is 1. The van der Waals surface area contributed by atoms with Crippen molar-refractivity contribution in [3.63, 3.8) is 0 Å². The number of hydrogen-bond acceptors (Lipinski definition) is 9. The number of nitrogens with one attached hydrogen (secondary N) is 1. The summed E-state index contributed by atoms with van der Waals surface area (Å²) in [4.78, 5) is 52.7. The summed E-state index contributed by atoms with van der Waals surface area (Å²) in [5.41, 5.74) is 0.304. The lowest BCUT2D eigenvalue weighted by Crippen LogP contribution is -2.54. The Morgan fingerprint density at radius 1 is 1.03 bits per heavy atom. The van der Waals surface area contributed by atoms with Gasteiger partial charge in [0.2, 0.25) is 12.7 Å². The molecule has 1 saturated heterocycles. The molecule has 0 aliphatic carbocycles. The predicted octanol–water partition coefficient (Wildman–Crippen LogP) is 3.18. The number of pyridine rings is 1. The monoisotopic (exact) mass is 474 g/mol. The highest BCUT2D eigenvalue weighted by Crippen LogP contribution is 2.36. The highest BCUT2D eigenvalue weighted by molar-refractivity contribution is 6.39. The molecule has 0 bridgehead atoms. The predicted molar refractivity (Wildman–Crippen MR) is 119 cm³/mol. The minimum Gasteiger partial charge on any atom is -0.454 e. The minimum absolute atomic E-state index is 0.0303. The molecule has 0 radical (unpaired) electrons. The van der Waals surface area contributed by atoms with E-state index in [9.17, 15) is 24.5 Å². The van der Waals surface area contributed by atoms with Gasteiger partial charge in [0, 0.05) is 18.2 Å². The van der Waals surface area contributed by atoms with Crippen molar-refractivity contribution in [2.75, 3.05) is 11.7 Å². The van der Waals surface area contributed by atoms with E-state index in [4.69, 9.17) is 14.2 Å². The third-order valence-electron chi connectivity index (χ3n) is 5.06. The lowest BCUT2D eigenvalue weighted by atomic mass is 10.1. The Kier molecular flexibility index (Phi) is 5.30. The molecule has 2 aliphatic rings. The number of ether oxygens (including phenoxy) is 3. The first-order valence-electron chi connectivity index (χ1n) is 10.1. The van der Waals surface area contributed by atoms with Gasteiger partial charge in [-0.15, -0.1) is 0 Å². The Balaban J connectivity index is 1.36. The third-order valence-corrected chi connectivity index (χ3v) is 5.06. The maximum Gasteiger partial charge on any atom is 0.335 e. The Bertz CT molecular complexity index is 1400. The van der Waals surface area contributed by atoms with Gasteiger partial charge in [0.05, 0.1) is 10.6 Å². The topological polar surface area (TPSA) is 150 Å². The Morgan fingerprint density at radius 2 is 1.80 bits per heavy atom. The van der Waals surface area contributed by atoms with Gasteiger partial charge in [-0.25, -0.2) is 14.7 Å². The normalized spacial score (nSPS) is 15.8. The number of nitro groups is 1. The number of carbonyl (C=O) groups excluding carboxylic acids is 3. The van der Waals surface area contributed by atoms with Crippen molar-refractivity contribution in [1.29, 1.82) is 0 Å². The van der Waals surface area contributed by atoms with Gasteiger partial charge in [-0.3, -0.25) is 25.0 Å². The number of rotatable bonds is 5. The van der Waals surface area contributed by atoms with Crippen LogP contribution in [0, 0.1) is 10.1 Å². The molecule has 0 spiro atoms. The van der Waals surface area contributed by atoms with E-state index in [2.05, 4.69) is 10.3 Å². The first-order chi connectivity index (χ1) is 16.9. The standard InChI is InChI=1S/C23H14N4O8/c28-21-17(22(29)26(23(30)25-21)14-3-7-18-19(10-14)34-12-33-18)9-13-1-5-16(6-2-13)35-20-8-4-15(11-24-20)27(31)32/h1-11H,12H2,(H,25,28,30)/b17-9-. The van der Waals surface area contributed by atoms with E-state index in [1.165, 1.54) is 30.3 Å². The first kappa shape index (κ1) is 21.6. The molecule has 0 unspecified atom stereocenters. The van der Waals surface area contributed by atoms with Crippen LogP contribution in [0.5, 0.6) is 23.1 Å². The summed E-state index contributed by atoms with van der Waals surface area (Å²) in [5.74, 6) is -0.229. The van der Waals surface area contributed by atoms with Crippen molar-refractivity contribution in [3.8, 4) is 23.1 Å². The van der Waals surface area contributed by atoms with Gasteiger partial charge in [0.1, 0.15) is 17.5 Å². The van der Waals surface area contributed by atoms with Crippen molar-refractivity contribution in [2.45, 2.75) is 0 Å². The number of barbiturate groups is 1. The van der Waals surface area contributed by atoms with Gasteiger partial charge in [0.15, 0.2) is 11.5 Å². The highest BCUT2D eigenvalue weighted by Gasteiger charge is 2.37. The zero-order chi connectivity index (χ0) is 24.5. The Hall–Kier alpha value is -5.26. The summed E-state index contributed by atoms with van der Waals surface area (Å²) in [6.07, 6.45) is 2.42. The molecule has 1 fully saturated rings. The number of urea groups is 1. The van der Waals surface area contributed by atoms with Crippen molar-refractivity contribution in [3.05, 3.63) is 82.0 Å². The summed E-state index contributed by atoms with van der Waals surface area (Å²) in [6, 6.07) is 12.6. The molecule has 1 N–H and O–H groups in total. The molecule has 12 nitrogen and oxygen atoms in total. The van der Waals surface area contributed by atoms with Gasteiger partial charge >= 0.3 is 6.03 Å². The van der Waals surface area contributed by atoms with E-state index < -0.39 is 22.8 Å². The summed E-state index contributed by atoms with van der Waals surface area (Å²) in [7, 11) is 0. The molecule has 35 heavy (non-hydrogen) atoms. The largest absolute Gasteiger partial charge is 0.454 e. The van der Waals surface area contributed by atoms with Gasteiger partial charge in [0.25, 0.3) is 17.5 Å². The second kappa shape index (κ2) is 8.59. The summed E-state index contributed by atoms with van der Waals surface area (Å²) in [5, 5.41) is 12.9. The second-order valence-electron chi connectivity index (χ2n) is 7.28. The number of carbonyl (C=O) groups is 3. The first-order valence-corrected chi connectivity index (χ1v) is 10.1. The fourth-order valence-corrected chi connectivity index (χ4v) is 3.38. The molecule has 4 amide bonds. The molecular weight excluding hydrogens is 460 g/mol. The molecule has 174 valence electrons. The van der Waals surface area contributed by atoms with Crippen LogP contribution in [0.2, 0.25) is 0 Å². The van der Waals surface area contributed by atoms with Crippen LogP contribution in [0.15, 0.2) is 66.4 Å². The second-order valence-corrected chi connectivity index (χ2v) is 7.28. The average Bonchev–Trinajstić information content (AvgIpc) is 3.31. The van der Waals surface area contributed by atoms with Crippen LogP contribution in [0.3, 0.4) is 0 Å². The number of hydrogen-bond donors (Lipinski definition) is 1. The molecule has 0 saturated carbocycles. The summed E-state index contributed by atoms with van der Waals surface area (Å²) >= 11 is 0. The maximum absolute atomic E-state index is 13.1. The molecule has 0 atom stereocenters.